The van der Waals surface area contributed by atoms with Crippen molar-refractivity contribution in [3.8, 4) is 16.5 Å². The van der Waals surface area contributed by atoms with Crippen LogP contribution in [0.15, 0.2) is 41.8 Å². The van der Waals surface area contributed by atoms with Gasteiger partial charge < -0.3 is 10.1 Å². The molecule has 2 heterocycles. The van der Waals surface area contributed by atoms with Gasteiger partial charge in [0.2, 0.25) is 11.7 Å². The van der Waals surface area contributed by atoms with Gasteiger partial charge in [-0.3, -0.25) is 4.79 Å². The molecule has 0 aliphatic heterocycles. The van der Waals surface area contributed by atoms with E-state index in [2.05, 4.69) is 20.7 Å². The molecule has 1 amide bonds. The molecular weight excluding hydrogens is 326 g/mol. The minimum Gasteiger partial charge on any atom is -0.492 e. The number of hydrogen-bond donors (Lipinski definition) is 1. The second-order valence-electron chi connectivity index (χ2n) is 5.14. The maximum atomic E-state index is 11.9. The number of aryl methyl sites for hydroxylation is 1. The van der Waals surface area contributed by atoms with Crippen LogP contribution in [0.1, 0.15) is 5.56 Å². The highest BCUT2D eigenvalue weighted by Crippen LogP contribution is 2.19. The summed E-state index contributed by atoms with van der Waals surface area (Å²) >= 11 is 1.53. The van der Waals surface area contributed by atoms with Crippen molar-refractivity contribution in [1.29, 1.82) is 0 Å². The van der Waals surface area contributed by atoms with Crippen LogP contribution in [0.2, 0.25) is 0 Å². The van der Waals surface area contributed by atoms with E-state index in [1.807, 2.05) is 48.7 Å². The zero-order chi connectivity index (χ0) is 16.8. The van der Waals surface area contributed by atoms with Crippen molar-refractivity contribution in [2.24, 2.45) is 0 Å². The van der Waals surface area contributed by atoms with Gasteiger partial charge in [0.25, 0.3) is 0 Å². The van der Waals surface area contributed by atoms with Gasteiger partial charge in [0.1, 0.15) is 18.9 Å². The van der Waals surface area contributed by atoms with Crippen molar-refractivity contribution in [3.05, 3.63) is 47.3 Å². The topological polar surface area (TPSA) is 81.9 Å². The predicted octanol–water partition coefficient (Wildman–Crippen LogP) is 1.91. The van der Waals surface area contributed by atoms with E-state index in [1.54, 1.807) is 0 Å². The number of nitrogens with one attached hydrogen (secondary N) is 1. The highest BCUT2D eigenvalue weighted by atomic mass is 32.1. The molecule has 0 radical (unpaired) electrons. The van der Waals surface area contributed by atoms with E-state index >= 15 is 0 Å². The fraction of sp³-hybridized carbons (Fsp3) is 0.250. The molecule has 0 fully saturated rings. The second-order valence-corrected chi connectivity index (χ2v) is 6.08. The van der Waals surface area contributed by atoms with E-state index in [0.29, 0.717) is 19.0 Å². The minimum absolute atomic E-state index is 0.0306. The normalized spacial score (nSPS) is 10.5. The van der Waals surface area contributed by atoms with E-state index < -0.39 is 0 Å². The number of nitrogens with zero attached hydrogens (tertiary/aromatic N) is 4. The Labute approximate surface area is 143 Å². The Hall–Kier alpha value is -2.74. The standard InChI is InChI=1S/C16H17N5O2S/c1-12-4-2-5-13(10-12)23-8-7-17-15(22)11-21-19-16(18-20-21)14-6-3-9-24-14/h2-6,9-10H,7-8,11H2,1H3,(H,17,22). The summed E-state index contributed by atoms with van der Waals surface area (Å²) in [7, 11) is 0. The van der Waals surface area contributed by atoms with Crippen molar-refractivity contribution < 1.29 is 9.53 Å². The third kappa shape index (κ3) is 4.39. The van der Waals surface area contributed by atoms with Gasteiger partial charge in [-0.05, 0) is 41.3 Å². The first-order chi connectivity index (χ1) is 11.7. The molecule has 24 heavy (non-hydrogen) atoms. The van der Waals surface area contributed by atoms with Crippen molar-refractivity contribution in [2.45, 2.75) is 13.5 Å². The summed E-state index contributed by atoms with van der Waals surface area (Å²) in [5, 5.41) is 16.7. The molecule has 1 aromatic carbocycles. The number of aromatic nitrogens is 4. The Morgan fingerprint density at radius 3 is 3.04 bits per heavy atom. The average molecular weight is 343 g/mol. The average Bonchev–Trinajstić information content (AvgIpc) is 3.23. The van der Waals surface area contributed by atoms with E-state index in [4.69, 9.17) is 4.74 Å². The lowest BCUT2D eigenvalue weighted by atomic mass is 10.2. The molecule has 0 atom stereocenters. The summed E-state index contributed by atoms with van der Waals surface area (Å²) < 4.78 is 5.58. The monoisotopic (exact) mass is 343 g/mol. The molecule has 1 N–H and O–H groups in total. The van der Waals surface area contributed by atoms with Crippen LogP contribution in [0.5, 0.6) is 5.75 Å². The number of benzene rings is 1. The molecule has 2 aromatic heterocycles. The van der Waals surface area contributed by atoms with Gasteiger partial charge in [0.05, 0.1) is 11.4 Å². The lowest BCUT2D eigenvalue weighted by molar-refractivity contribution is -0.122. The molecule has 0 saturated carbocycles. The fourth-order valence-electron chi connectivity index (χ4n) is 2.06. The molecule has 0 saturated heterocycles. The zero-order valence-corrected chi connectivity index (χ0v) is 14.0. The molecule has 7 nitrogen and oxygen atoms in total. The highest BCUT2D eigenvalue weighted by Gasteiger charge is 2.09. The Balaban J connectivity index is 1.41. The summed E-state index contributed by atoms with van der Waals surface area (Å²) in [6.07, 6.45) is 0. The van der Waals surface area contributed by atoms with Crippen molar-refractivity contribution in [2.75, 3.05) is 13.2 Å². The quantitative estimate of drug-likeness (QED) is 0.663. The second kappa shape index (κ2) is 7.69. The first-order valence-electron chi connectivity index (χ1n) is 7.48. The SMILES string of the molecule is Cc1cccc(OCCNC(=O)Cn2nnc(-c3cccs3)n2)c1. The number of amides is 1. The first-order valence-corrected chi connectivity index (χ1v) is 8.36. The summed E-state index contributed by atoms with van der Waals surface area (Å²) in [5.74, 6) is 1.14. The van der Waals surface area contributed by atoms with Gasteiger partial charge in [-0.15, -0.1) is 21.5 Å². The van der Waals surface area contributed by atoms with Crippen LogP contribution in [0.25, 0.3) is 10.7 Å². The molecule has 0 bridgehead atoms. The van der Waals surface area contributed by atoms with Crippen LogP contribution in [-0.4, -0.2) is 39.3 Å². The van der Waals surface area contributed by atoms with Gasteiger partial charge >= 0.3 is 0 Å². The van der Waals surface area contributed by atoms with Crippen molar-refractivity contribution in [3.63, 3.8) is 0 Å². The number of rotatable bonds is 7. The Kier molecular flexibility index (Phi) is 5.17. The molecule has 3 rings (SSSR count). The summed E-state index contributed by atoms with van der Waals surface area (Å²) in [4.78, 5) is 14.1. The van der Waals surface area contributed by atoms with Crippen LogP contribution in [0.3, 0.4) is 0 Å². The first kappa shape index (κ1) is 16.1. The van der Waals surface area contributed by atoms with Gasteiger partial charge in [-0.25, -0.2) is 0 Å². The van der Waals surface area contributed by atoms with Crippen molar-refractivity contribution in [1.82, 2.24) is 25.5 Å². The summed E-state index contributed by atoms with van der Waals surface area (Å²) in [5.41, 5.74) is 1.13. The van der Waals surface area contributed by atoms with E-state index in [-0.39, 0.29) is 12.5 Å². The highest BCUT2D eigenvalue weighted by molar-refractivity contribution is 7.13. The van der Waals surface area contributed by atoms with Crippen LogP contribution in [0.4, 0.5) is 0 Å². The Morgan fingerprint density at radius 2 is 2.25 bits per heavy atom. The molecular formula is C16H17N5O2S. The maximum Gasteiger partial charge on any atom is 0.243 e. The minimum atomic E-state index is -0.182. The van der Waals surface area contributed by atoms with Crippen LogP contribution in [-0.2, 0) is 11.3 Å². The van der Waals surface area contributed by atoms with Crippen molar-refractivity contribution >= 4 is 17.2 Å². The molecule has 0 aliphatic carbocycles. The van der Waals surface area contributed by atoms with Gasteiger partial charge in [0, 0.05) is 0 Å². The predicted molar refractivity (Wildman–Crippen MR) is 90.8 cm³/mol. The Bertz CT molecular complexity index is 800. The van der Waals surface area contributed by atoms with Crippen LogP contribution < -0.4 is 10.1 Å². The lowest BCUT2D eigenvalue weighted by Gasteiger charge is -2.08. The summed E-state index contributed by atoms with van der Waals surface area (Å²) in [6.45, 7) is 2.85. The fourth-order valence-corrected chi connectivity index (χ4v) is 2.71. The van der Waals surface area contributed by atoms with E-state index in [0.717, 1.165) is 16.2 Å². The summed E-state index contributed by atoms with van der Waals surface area (Å²) in [6, 6.07) is 11.6. The van der Waals surface area contributed by atoms with Crippen LogP contribution in [0, 0.1) is 6.92 Å². The third-order valence-corrected chi connectivity index (χ3v) is 4.03. The zero-order valence-electron chi connectivity index (χ0n) is 13.2. The van der Waals surface area contributed by atoms with Crippen LogP contribution >= 0.6 is 11.3 Å². The smallest absolute Gasteiger partial charge is 0.243 e. The van der Waals surface area contributed by atoms with Gasteiger partial charge in [0.15, 0.2) is 0 Å². The molecule has 0 aliphatic rings. The number of carbonyl (C=O) groups is 1. The number of thiophene rings is 1. The maximum absolute atomic E-state index is 11.9. The number of carbonyl (C=O) groups excluding carboxylic acids is 1. The number of tetrazole rings is 1. The molecule has 124 valence electrons. The molecule has 8 heteroatoms. The third-order valence-electron chi connectivity index (χ3n) is 3.16. The molecule has 0 unspecified atom stereocenters. The number of ether oxygens (including phenoxy) is 1. The van der Waals surface area contributed by atoms with Gasteiger partial charge in [-0.1, -0.05) is 18.2 Å². The number of hydrogen-bond acceptors (Lipinski definition) is 6. The molecule has 0 spiro atoms. The van der Waals surface area contributed by atoms with Gasteiger partial charge in [-0.2, -0.15) is 4.80 Å². The lowest BCUT2D eigenvalue weighted by Crippen LogP contribution is -2.31. The Morgan fingerprint density at radius 1 is 1.33 bits per heavy atom. The van der Waals surface area contributed by atoms with E-state index in [9.17, 15) is 4.79 Å². The van der Waals surface area contributed by atoms with E-state index in [1.165, 1.54) is 16.1 Å². The molecule has 3 aromatic rings. The largest absolute Gasteiger partial charge is 0.492 e.